The van der Waals surface area contributed by atoms with Crippen molar-refractivity contribution >= 4 is 17.4 Å². The van der Waals surface area contributed by atoms with E-state index in [4.69, 9.17) is 10.5 Å². The van der Waals surface area contributed by atoms with Crippen molar-refractivity contribution in [3.05, 3.63) is 42.4 Å². The maximum Gasteiger partial charge on any atom is 0.258 e. The molecule has 1 aromatic heterocycles. The molecule has 0 aliphatic rings. The molecule has 0 saturated carbocycles. The van der Waals surface area contributed by atoms with E-state index in [-0.39, 0.29) is 5.91 Å². The molecule has 0 saturated heterocycles. The van der Waals surface area contributed by atoms with Gasteiger partial charge in [-0.3, -0.25) is 4.79 Å². The van der Waals surface area contributed by atoms with Gasteiger partial charge in [0, 0.05) is 18.0 Å². The number of benzene rings is 1. The molecule has 0 spiro atoms. The van der Waals surface area contributed by atoms with Crippen LogP contribution in [0.3, 0.4) is 0 Å². The SMILES string of the molecule is COc1ccc(C(=O)Nc2ccncn2)c(N)c1. The van der Waals surface area contributed by atoms with Crippen LogP contribution >= 0.6 is 0 Å². The topological polar surface area (TPSA) is 90.1 Å². The number of ether oxygens (including phenoxy) is 1. The van der Waals surface area contributed by atoms with E-state index >= 15 is 0 Å². The van der Waals surface area contributed by atoms with Gasteiger partial charge in [0.05, 0.1) is 12.7 Å². The Morgan fingerprint density at radius 2 is 2.22 bits per heavy atom. The number of nitrogen functional groups attached to an aromatic ring is 1. The van der Waals surface area contributed by atoms with Crippen LogP contribution in [0.1, 0.15) is 10.4 Å². The van der Waals surface area contributed by atoms with E-state index in [1.807, 2.05) is 0 Å². The molecule has 2 rings (SSSR count). The van der Waals surface area contributed by atoms with Crippen molar-refractivity contribution in [2.45, 2.75) is 0 Å². The molecule has 6 heteroatoms. The summed E-state index contributed by atoms with van der Waals surface area (Å²) in [5, 5.41) is 2.63. The van der Waals surface area contributed by atoms with Gasteiger partial charge in [0.1, 0.15) is 17.9 Å². The Morgan fingerprint density at radius 1 is 1.39 bits per heavy atom. The van der Waals surface area contributed by atoms with Crippen molar-refractivity contribution in [1.82, 2.24) is 9.97 Å². The lowest BCUT2D eigenvalue weighted by Crippen LogP contribution is -2.14. The summed E-state index contributed by atoms with van der Waals surface area (Å²) in [4.78, 5) is 19.6. The Morgan fingerprint density at radius 3 is 2.83 bits per heavy atom. The number of nitrogens with one attached hydrogen (secondary N) is 1. The highest BCUT2D eigenvalue weighted by molar-refractivity contribution is 6.07. The number of aromatic nitrogens is 2. The molecule has 0 radical (unpaired) electrons. The van der Waals surface area contributed by atoms with Crippen molar-refractivity contribution in [3.8, 4) is 5.75 Å². The predicted molar refractivity (Wildman–Crippen MR) is 67.4 cm³/mol. The van der Waals surface area contributed by atoms with Crippen molar-refractivity contribution < 1.29 is 9.53 Å². The Bertz CT molecular complexity index is 557. The van der Waals surface area contributed by atoms with Gasteiger partial charge in [-0.05, 0) is 18.2 Å². The number of carbonyl (C=O) groups is 1. The average molecular weight is 244 g/mol. The molecule has 0 aliphatic carbocycles. The molecule has 0 unspecified atom stereocenters. The normalized spacial score (nSPS) is 9.83. The van der Waals surface area contributed by atoms with Gasteiger partial charge in [-0.2, -0.15) is 0 Å². The maximum atomic E-state index is 11.9. The third-order valence-electron chi connectivity index (χ3n) is 2.33. The Kier molecular flexibility index (Phi) is 3.38. The summed E-state index contributed by atoms with van der Waals surface area (Å²) in [5.74, 6) is 0.699. The van der Waals surface area contributed by atoms with Crippen LogP contribution in [0.5, 0.6) is 5.75 Å². The Hall–Kier alpha value is -2.63. The summed E-state index contributed by atoms with van der Waals surface area (Å²) in [7, 11) is 1.54. The molecular weight excluding hydrogens is 232 g/mol. The Balaban J connectivity index is 2.19. The highest BCUT2D eigenvalue weighted by Gasteiger charge is 2.11. The number of anilines is 2. The first kappa shape index (κ1) is 11.8. The van der Waals surface area contributed by atoms with E-state index in [1.54, 1.807) is 30.5 Å². The van der Waals surface area contributed by atoms with Crippen molar-refractivity contribution in [2.75, 3.05) is 18.2 Å². The lowest BCUT2D eigenvalue weighted by atomic mass is 10.1. The highest BCUT2D eigenvalue weighted by Crippen LogP contribution is 2.20. The van der Waals surface area contributed by atoms with Crippen LogP contribution < -0.4 is 15.8 Å². The second-order valence-corrected chi connectivity index (χ2v) is 3.50. The first-order valence-corrected chi connectivity index (χ1v) is 5.21. The van der Waals surface area contributed by atoms with Crippen LogP contribution in [0, 0.1) is 0 Å². The molecule has 1 heterocycles. The first-order valence-electron chi connectivity index (χ1n) is 5.21. The zero-order chi connectivity index (χ0) is 13.0. The minimum absolute atomic E-state index is 0.325. The Labute approximate surface area is 104 Å². The number of methoxy groups -OCH3 is 1. The fraction of sp³-hybridized carbons (Fsp3) is 0.0833. The zero-order valence-electron chi connectivity index (χ0n) is 9.75. The van der Waals surface area contributed by atoms with Gasteiger partial charge in [0.2, 0.25) is 0 Å². The second-order valence-electron chi connectivity index (χ2n) is 3.50. The average Bonchev–Trinajstić information content (AvgIpc) is 2.39. The molecule has 18 heavy (non-hydrogen) atoms. The molecule has 0 bridgehead atoms. The number of nitrogens with two attached hydrogens (primary N) is 1. The van der Waals surface area contributed by atoms with Gasteiger partial charge in [-0.25, -0.2) is 9.97 Å². The molecular formula is C12H12N4O2. The van der Waals surface area contributed by atoms with Crippen LogP contribution in [-0.2, 0) is 0 Å². The minimum Gasteiger partial charge on any atom is -0.497 e. The van der Waals surface area contributed by atoms with Gasteiger partial charge in [-0.15, -0.1) is 0 Å². The number of hydrogen-bond acceptors (Lipinski definition) is 5. The monoisotopic (exact) mass is 244 g/mol. The minimum atomic E-state index is -0.325. The lowest BCUT2D eigenvalue weighted by Gasteiger charge is -2.08. The van der Waals surface area contributed by atoms with Crippen molar-refractivity contribution in [1.29, 1.82) is 0 Å². The second kappa shape index (κ2) is 5.13. The van der Waals surface area contributed by atoms with Crippen molar-refractivity contribution in [3.63, 3.8) is 0 Å². The molecule has 0 aliphatic heterocycles. The number of hydrogen-bond donors (Lipinski definition) is 2. The highest BCUT2D eigenvalue weighted by atomic mass is 16.5. The molecule has 0 atom stereocenters. The van der Waals surface area contributed by atoms with Crippen LogP contribution in [-0.4, -0.2) is 23.0 Å². The van der Waals surface area contributed by atoms with Crippen LogP contribution in [0.25, 0.3) is 0 Å². The summed E-state index contributed by atoms with van der Waals surface area (Å²) in [5.41, 5.74) is 6.50. The number of rotatable bonds is 3. The van der Waals surface area contributed by atoms with E-state index in [0.29, 0.717) is 22.8 Å². The quantitative estimate of drug-likeness (QED) is 0.795. The van der Waals surface area contributed by atoms with Crippen LogP contribution in [0.2, 0.25) is 0 Å². The molecule has 3 N–H and O–H groups in total. The van der Waals surface area contributed by atoms with Gasteiger partial charge >= 0.3 is 0 Å². The third-order valence-corrected chi connectivity index (χ3v) is 2.33. The van der Waals surface area contributed by atoms with E-state index in [0.717, 1.165) is 0 Å². The zero-order valence-corrected chi connectivity index (χ0v) is 9.75. The molecule has 1 amide bonds. The summed E-state index contributed by atoms with van der Waals surface area (Å²) < 4.78 is 5.02. The summed E-state index contributed by atoms with van der Waals surface area (Å²) >= 11 is 0. The fourth-order valence-electron chi connectivity index (χ4n) is 1.42. The smallest absolute Gasteiger partial charge is 0.258 e. The van der Waals surface area contributed by atoms with Gasteiger partial charge in [0.15, 0.2) is 0 Å². The molecule has 6 nitrogen and oxygen atoms in total. The van der Waals surface area contributed by atoms with E-state index in [9.17, 15) is 4.79 Å². The van der Waals surface area contributed by atoms with Crippen molar-refractivity contribution in [2.24, 2.45) is 0 Å². The molecule has 2 aromatic rings. The molecule has 0 fully saturated rings. The number of nitrogens with zero attached hydrogens (tertiary/aromatic N) is 2. The van der Waals surface area contributed by atoms with E-state index in [1.165, 1.54) is 13.4 Å². The molecule has 1 aromatic carbocycles. The largest absolute Gasteiger partial charge is 0.497 e. The lowest BCUT2D eigenvalue weighted by molar-refractivity contribution is 0.102. The van der Waals surface area contributed by atoms with Crippen LogP contribution in [0.4, 0.5) is 11.5 Å². The predicted octanol–water partition coefficient (Wildman–Crippen LogP) is 1.32. The van der Waals surface area contributed by atoms with Gasteiger partial charge < -0.3 is 15.8 Å². The van der Waals surface area contributed by atoms with E-state index < -0.39 is 0 Å². The number of carbonyl (C=O) groups excluding carboxylic acids is 1. The maximum absolute atomic E-state index is 11.9. The third kappa shape index (κ3) is 2.54. The molecule has 92 valence electrons. The van der Waals surface area contributed by atoms with Gasteiger partial charge in [0.25, 0.3) is 5.91 Å². The van der Waals surface area contributed by atoms with E-state index in [2.05, 4.69) is 15.3 Å². The van der Waals surface area contributed by atoms with Crippen LogP contribution in [0.15, 0.2) is 36.8 Å². The number of amides is 1. The fourth-order valence-corrected chi connectivity index (χ4v) is 1.42. The standard InChI is InChI=1S/C12H12N4O2/c1-18-8-2-3-9(10(13)6-8)12(17)16-11-4-5-14-7-15-11/h2-7H,13H2,1H3,(H,14,15,16,17). The summed E-state index contributed by atoms with van der Waals surface area (Å²) in [6.45, 7) is 0. The first-order chi connectivity index (χ1) is 8.70. The summed E-state index contributed by atoms with van der Waals surface area (Å²) in [6.07, 6.45) is 2.90. The van der Waals surface area contributed by atoms with Gasteiger partial charge in [-0.1, -0.05) is 0 Å². The summed E-state index contributed by atoms with van der Waals surface area (Å²) in [6, 6.07) is 6.46.